The van der Waals surface area contributed by atoms with Crippen molar-refractivity contribution in [2.45, 2.75) is 46.1 Å². The van der Waals surface area contributed by atoms with Crippen LogP contribution in [-0.4, -0.2) is 11.0 Å². The summed E-state index contributed by atoms with van der Waals surface area (Å²) in [6.07, 6.45) is 2.33. The molecule has 3 heteroatoms. The van der Waals surface area contributed by atoms with Gasteiger partial charge in [-0.05, 0) is 29.5 Å². The molecule has 1 amide bonds. The molecular weight excluding hydrogens is 226 g/mol. The zero-order chi connectivity index (χ0) is 13.8. The molecule has 100 valence electrons. The van der Waals surface area contributed by atoms with Gasteiger partial charge in [0.15, 0.2) is 0 Å². The first-order chi connectivity index (χ1) is 8.41. The third-order valence-corrected chi connectivity index (χ3v) is 3.97. The van der Waals surface area contributed by atoms with Crippen LogP contribution in [0.5, 0.6) is 0 Å². The van der Waals surface area contributed by atoms with Gasteiger partial charge >= 0.3 is 0 Å². The fourth-order valence-electron chi connectivity index (χ4n) is 1.99. The predicted molar refractivity (Wildman–Crippen MR) is 73.2 cm³/mol. The summed E-state index contributed by atoms with van der Waals surface area (Å²) in [6, 6.07) is 6.87. The molecule has 0 radical (unpaired) electrons. The second-order valence-corrected chi connectivity index (χ2v) is 5.22. The van der Waals surface area contributed by atoms with Crippen molar-refractivity contribution in [1.29, 1.82) is 0 Å². The first kappa shape index (κ1) is 14.7. The maximum absolute atomic E-state index is 11.0. The molecule has 0 aliphatic rings. The summed E-state index contributed by atoms with van der Waals surface area (Å²) in [5.74, 6) is -0.442. The van der Waals surface area contributed by atoms with Crippen molar-refractivity contribution >= 4 is 5.91 Å². The van der Waals surface area contributed by atoms with E-state index < -0.39 is 12.0 Å². The van der Waals surface area contributed by atoms with Gasteiger partial charge in [-0.15, -0.1) is 0 Å². The molecule has 0 spiro atoms. The van der Waals surface area contributed by atoms with E-state index in [1.807, 2.05) is 0 Å². The van der Waals surface area contributed by atoms with Crippen molar-refractivity contribution in [2.24, 2.45) is 11.1 Å². The Morgan fingerprint density at radius 2 is 1.78 bits per heavy atom. The van der Waals surface area contributed by atoms with Crippen LogP contribution < -0.4 is 5.73 Å². The van der Waals surface area contributed by atoms with Crippen molar-refractivity contribution in [2.75, 3.05) is 0 Å². The van der Waals surface area contributed by atoms with E-state index in [4.69, 9.17) is 5.73 Å². The summed E-state index contributed by atoms with van der Waals surface area (Å²) in [4.78, 5) is 11.0. The molecule has 18 heavy (non-hydrogen) atoms. The zero-order valence-corrected chi connectivity index (χ0v) is 11.4. The quantitative estimate of drug-likeness (QED) is 0.814. The van der Waals surface area contributed by atoms with Crippen molar-refractivity contribution < 1.29 is 9.90 Å². The highest BCUT2D eigenvalue weighted by Gasteiger charge is 2.24. The lowest BCUT2D eigenvalue weighted by Crippen LogP contribution is -2.18. The summed E-state index contributed by atoms with van der Waals surface area (Å²) in [7, 11) is 0. The van der Waals surface area contributed by atoms with E-state index in [1.54, 1.807) is 24.3 Å². The fraction of sp³-hybridized carbons (Fsp3) is 0.533. The number of carbonyl (C=O) groups is 1. The Balaban J connectivity index is 2.78. The SMILES string of the molecule is CCC(C)(CC)CC(O)c1ccc(C(N)=O)cc1. The first-order valence-corrected chi connectivity index (χ1v) is 6.49. The molecule has 0 fully saturated rings. The highest BCUT2D eigenvalue weighted by molar-refractivity contribution is 5.92. The third kappa shape index (κ3) is 3.57. The van der Waals surface area contributed by atoms with Gasteiger partial charge in [0.25, 0.3) is 0 Å². The minimum absolute atomic E-state index is 0.155. The Bertz CT molecular complexity index is 393. The lowest BCUT2D eigenvalue weighted by Gasteiger charge is -2.29. The van der Waals surface area contributed by atoms with Crippen LogP contribution in [0.15, 0.2) is 24.3 Å². The number of rotatable bonds is 6. The summed E-state index contributed by atoms with van der Waals surface area (Å²) in [5.41, 5.74) is 6.65. The number of carbonyl (C=O) groups excluding carboxylic acids is 1. The van der Waals surface area contributed by atoms with E-state index in [2.05, 4.69) is 20.8 Å². The second kappa shape index (κ2) is 6.01. The van der Waals surface area contributed by atoms with E-state index >= 15 is 0 Å². The molecule has 3 nitrogen and oxygen atoms in total. The van der Waals surface area contributed by atoms with Crippen LogP contribution in [-0.2, 0) is 0 Å². The molecule has 0 aliphatic heterocycles. The normalized spacial score (nSPS) is 13.3. The highest BCUT2D eigenvalue weighted by Crippen LogP contribution is 2.35. The van der Waals surface area contributed by atoms with Gasteiger partial charge in [-0.25, -0.2) is 0 Å². The maximum atomic E-state index is 11.0. The third-order valence-electron chi connectivity index (χ3n) is 3.97. The van der Waals surface area contributed by atoms with Crippen molar-refractivity contribution in [3.8, 4) is 0 Å². The molecule has 1 aromatic carbocycles. The monoisotopic (exact) mass is 249 g/mol. The molecule has 0 saturated carbocycles. The van der Waals surface area contributed by atoms with Crippen LogP contribution in [0.25, 0.3) is 0 Å². The second-order valence-electron chi connectivity index (χ2n) is 5.22. The van der Waals surface area contributed by atoms with Gasteiger partial charge in [0.05, 0.1) is 6.10 Å². The Labute approximate surface area is 109 Å². The first-order valence-electron chi connectivity index (χ1n) is 6.49. The number of nitrogens with two attached hydrogens (primary N) is 1. The molecule has 0 bridgehead atoms. The van der Waals surface area contributed by atoms with Crippen LogP contribution in [0.2, 0.25) is 0 Å². The number of aliphatic hydroxyl groups is 1. The van der Waals surface area contributed by atoms with Gasteiger partial charge in [0, 0.05) is 5.56 Å². The van der Waals surface area contributed by atoms with Crippen LogP contribution in [0.1, 0.15) is 62.1 Å². The Hall–Kier alpha value is -1.35. The molecule has 0 aromatic heterocycles. The average Bonchev–Trinajstić information content (AvgIpc) is 2.38. The summed E-state index contributed by atoms with van der Waals surface area (Å²) < 4.78 is 0. The van der Waals surface area contributed by atoms with Gasteiger partial charge in [0.2, 0.25) is 5.91 Å². The van der Waals surface area contributed by atoms with E-state index in [1.165, 1.54) is 0 Å². The van der Waals surface area contributed by atoms with Crippen LogP contribution in [0, 0.1) is 5.41 Å². The van der Waals surface area contributed by atoms with Gasteiger partial charge in [-0.1, -0.05) is 45.7 Å². The van der Waals surface area contributed by atoms with Crippen molar-refractivity contribution in [3.63, 3.8) is 0 Å². The van der Waals surface area contributed by atoms with Gasteiger partial charge < -0.3 is 10.8 Å². The van der Waals surface area contributed by atoms with Crippen LogP contribution in [0.3, 0.4) is 0 Å². The molecule has 3 N–H and O–H groups in total. The summed E-state index contributed by atoms with van der Waals surface area (Å²) in [6.45, 7) is 6.48. The van der Waals surface area contributed by atoms with Gasteiger partial charge in [0.1, 0.15) is 0 Å². The maximum Gasteiger partial charge on any atom is 0.248 e. The lowest BCUT2D eigenvalue weighted by molar-refractivity contribution is 0.0987. The molecular formula is C15H23NO2. The molecule has 1 unspecified atom stereocenters. The van der Waals surface area contributed by atoms with E-state index in [-0.39, 0.29) is 5.41 Å². The van der Waals surface area contributed by atoms with Crippen molar-refractivity contribution in [1.82, 2.24) is 0 Å². The Morgan fingerprint density at radius 3 is 2.17 bits per heavy atom. The standard InChI is InChI=1S/C15H23NO2/c1-4-15(3,5-2)10-13(17)11-6-8-12(9-7-11)14(16)18/h6-9,13,17H,4-5,10H2,1-3H3,(H2,16,18). The lowest BCUT2D eigenvalue weighted by atomic mass is 9.78. The molecule has 0 aliphatic carbocycles. The minimum atomic E-state index is -0.489. The van der Waals surface area contributed by atoms with Crippen LogP contribution in [0.4, 0.5) is 0 Å². The summed E-state index contributed by atoms with van der Waals surface area (Å²) in [5, 5.41) is 10.2. The van der Waals surface area contributed by atoms with E-state index in [0.717, 1.165) is 24.8 Å². The number of hydrogen-bond donors (Lipinski definition) is 2. The molecule has 1 aromatic rings. The zero-order valence-electron chi connectivity index (χ0n) is 11.4. The largest absolute Gasteiger partial charge is 0.388 e. The number of aliphatic hydroxyl groups excluding tert-OH is 1. The van der Waals surface area contributed by atoms with Gasteiger partial charge in [-0.2, -0.15) is 0 Å². The Kier molecular flexibility index (Phi) is 4.91. The van der Waals surface area contributed by atoms with Crippen molar-refractivity contribution in [3.05, 3.63) is 35.4 Å². The minimum Gasteiger partial charge on any atom is -0.388 e. The van der Waals surface area contributed by atoms with E-state index in [0.29, 0.717) is 5.56 Å². The van der Waals surface area contributed by atoms with Crippen LogP contribution >= 0.6 is 0 Å². The average molecular weight is 249 g/mol. The number of benzene rings is 1. The molecule has 1 atom stereocenters. The molecule has 0 saturated heterocycles. The Morgan fingerprint density at radius 1 is 1.28 bits per heavy atom. The van der Waals surface area contributed by atoms with Gasteiger partial charge in [-0.3, -0.25) is 4.79 Å². The smallest absolute Gasteiger partial charge is 0.248 e. The number of amides is 1. The topological polar surface area (TPSA) is 63.3 Å². The fourth-order valence-corrected chi connectivity index (χ4v) is 1.99. The number of hydrogen-bond acceptors (Lipinski definition) is 2. The summed E-state index contributed by atoms with van der Waals surface area (Å²) >= 11 is 0. The van der Waals surface area contributed by atoms with E-state index in [9.17, 15) is 9.90 Å². The molecule has 0 heterocycles. The highest BCUT2D eigenvalue weighted by atomic mass is 16.3. The molecule has 1 rings (SSSR count). The predicted octanol–water partition coefficient (Wildman–Crippen LogP) is 3.04. The number of primary amides is 1.